The zero-order valence-corrected chi connectivity index (χ0v) is 12.5. The van der Waals surface area contributed by atoms with Gasteiger partial charge in [0.1, 0.15) is 11.3 Å². The van der Waals surface area contributed by atoms with Gasteiger partial charge in [0.15, 0.2) is 0 Å². The van der Waals surface area contributed by atoms with Crippen molar-refractivity contribution in [2.45, 2.75) is 0 Å². The summed E-state index contributed by atoms with van der Waals surface area (Å²) in [6.45, 7) is 0. The minimum Gasteiger partial charge on any atom is -0.496 e. The third-order valence-corrected chi connectivity index (χ3v) is 3.57. The molecule has 0 aliphatic heterocycles. The number of carbonyl (C=O) groups excluding carboxylic acids is 1. The molecule has 0 heterocycles. The lowest BCUT2D eigenvalue weighted by Gasteiger charge is -2.12. The first kappa shape index (κ1) is 13.7. The van der Waals surface area contributed by atoms with E-state index in [0.29, 0.717) is 17.0 Å². The number of methoxy groups -OCH3 is 1. The number of anilines is 2. The van der Waals surface area contributed by atoms with E-state index < -0.39 is 0 Å². The smallest absolute Gasteiger partial charge is 0.261 e. The van der Waals surface area contributed by atoms with Crippen molar-refractivity contribution >= 4 is 39.9 Å². The third-order valence-electron chi connectivity index (χ3n) is 2.63. The van der Waals surface area contributed by atoms with Gasteiger partial charge in [-0.2, -0.15) is 0 Å². The Morgan fingerprint density at radius 3 is 2.63 bits per heavy atom. The Morgan fingerprint density at radius 2 is 1.95 bits per heavy atom. The van der Waals surface area contributed by atoms with Crippen LogP contribution in [0.4, 0.5) is 11.4 Å². The van der Waals surface area contributed by atoms with Crippen molar-refractivity contribution in [3.05, 3.63) is 51.6 Å². The van der Waals surface area contributed by atoms with E-state index in [9.17, 15) is 4.79 Å². The number of hydrogen-bond donors (Lipinski definition) is 2. The zero-order chi connectivity index (χ0) is 13.8. The maximum Gasteiger partial charge on any atom is 0.261 e. The summed E-state index contributed by atoms with van der Waals surface area (Å²) in [5.41, 5.74) is 7.34. The molecule has 0 saturated carbocycles. The first-order valence-electron chi connectivity index (χ1n) is 5.62. The summed E-state index contributed by atoms with van der Waals surface area (Å²) in [5.74, 6) is 0.183. The molecule has 2 rings (SSSR count). The molecular weight excluding hydrogens is 355 g/mol. The number of amides is 1. The van der Waals surface area contributed by atoms with Gasteiger partial charge in [0.25, 0.3) is 5.91 Å². The Morgan fingerprint density at radius 1 is 1.21 bits per heavy atom. The van der Waals surface area contributed by atoms with E-state index >= 15 is 0 Å². The zero-order valence-electron chi connectivity index (χ0n) is 10.3. The molecule has 0 saturated heterocycles. The molecule has 19 heavy (non-hydrogen) atoms. The molecule has 0 aliphatic carbocycles. The van der Waals surface area contributed by atoms with Crippen LogP contribution in [0.5, 0.6) is 5.75 Å². The molecule has 1 amide bonds. The molecule has 98 valence electrons. The Bertz CT molecular complexity index is 614. The Hall–Kier alpha value is -1.76. The highest BCUT2D eigenvalue weighted by Gasteiger charge is 2.16. The highest BCUT2D eigenvalue weighted by atomic mass is 127. The highest BCUT2D eigenvalue weighted by Crippen LogP contribution is 2.26. The number of halogens is 1. The van der Waals surface area contributed by atoms with Crippen molar-refractivity contribution in [2.75, 3.05) is 18.2 Å². The normalized spacial score (nSPS) is 10.0. The van der Waals surface area contributed by atoms with Gasteiger partial charge in [-0.15, -0.1) is 0 Å². The van der Waals surface area contributed by atoms with Crippen molar-refractivity contribution in [2.24, 2.45) is 0 Å². The van der Waals surface area contributed by atoms with Crippen LogP contribution in [0, 0.1) is 3.57 Å². The molecule has 2 aromatic rings. The van der Waals surface area contributed by atoms with Crippen molar-refractivity contribution in [1.29, 1.82) is 0 Å². The number of rotatable bonds is 3. The van der Waals surface area contributed by atoms with Crippen LogP contribution in [-0.4, -0.2) is 13.0 Å². The van der Waals surface area contributed by atoms with Crippen molar-refractivity contribution in [3.63, 3.8) is 0 Å². The van der Waals surface area contributed by atoms with Gasteiger partial charge in [0, 0.05) is 9.26 Å². The van der Waals surface area contributed by atoms with E-state index in [-0.39, 0.29) is 5.91 Å². The number of benzene rings is 2. The number of hydrogen-bond acceptors (Lipinski definition) is 3. The molecule has 0 atom stereocenters. The number of carbonyl (C=O) groups is 1. The summed E-state index contributed by atoms with van der Waals surface area (Å²) in [6, 6.07) is 12.7. The van der Waals surface area contributed by atoms with Crippen molar-refractivity contribution in [1.82, 2.24) is 0 Å². The first-order chi connectivity index (χ1) is 9.13. The summed E-state index contributed by atoms with van der Waals surface area (Å²) < 4.78 is 6.13. The Kier molecular flexibility index (Phi) is 4.26. The Balaban J connectivity index is 2.33. The molecule has 0 bridgehead atoms. The summed E-state index contributed by atoms with van der Waals surface area (Å²) >= 11 is 2.16. The molecule has 0 unspecified atom stereocenters. The predicted molar refractivity (Wildman–Crippen MR) is 84.5 cm³/mol. The van der Waals surface area contributed by atoms with E-state index in [1.165, 1.54) is 7.11 Å². The summed E-state index contributed by atoms with van der Waals surface area (Å²) in [6.07, 6.45) is 0. The number of ether oxygens (including phenoxy) is 1. The molecule has 4 nitrogen and oxygen atoms in total. The molecule has 5 heteroatoms. The second-order valence-electron chi connectivity index (χ2n) is 3.86. The minimum atomic E-state index is -0.279. The number of para-hydroxylation sites is 1. The Labute approximate surface area is 125 Å². The van der Waals surface area contributed by atoms with E-state index in [1.807, 2.05) is 24.3 Å². The van der Waals surface area contributed by atoms with Crippen LogP contribution < -0.4 is 15.8 Å². The quantitative estimate of drug-likeness (QED) is 0.646. The molecule has 3 N–H and O–H groups in total. The van der Waals surface area contributed by atoms with Crippen LogP contribution in [0.1, 0.15) is 10.4 Å². The third kappa shape index (κ3) is 2.98. The van der Waals surface area contributed by atoms with Gasteiger partial charge < -0.3 is 15.8 Å². The molecule has 0 aromatic heterocycles. The number of nitrogen functional groups attached to an aromatic ring is 1. The lowest BCUT2D eigenvalue weighted by atomic mass is 10.1. The fourth-order valence-electron chi connectivity index (χ4n) is 1.71. The first-order valence-corrected chi connectivity index (χ1v) is 6.69. The molecule has 0 aliphatic rings. The monoisotopic (exact) mass is 368 g/mol. The van der Waals surface area contributed by atoms with Gasteiger partial charge in [-0.25, -0.2) is 0 Å². The molecule has 0 radical (unpaired) electrons. The van der Waals surface area contributed by atoms with E-state index in [1.54, 1.807) is 18.2 Å². The lowest BCUT2D eigenvalue weighted by molar-refractivity contribution is 0.102. The largest absolute Gasteiger partial charge is 0.496 e. The second kappa shape index (κ2) is 5.92. The van der Waals surface area contributed by atoms with Gasteiger partial charge in [-0.1, -0.05) is 18.2 Å². The fourth-order valence-corrected chi connectivity index (χ4v) is 2.23. The number of nitrogens with two attached hydrogens (primary N) is 1. The van der Waals surface area contributed by atoms with Crippen LogP contribution in [0.2, 0.25) is 0 Å². The van der Waals surface area contributed by atoms with Crippen LogP contribution in [0.15, 0.2) is 42.5 Å². The van der Waals surface area contributed by atoms with Gasteiger partial charge in [0.2, 0.25) is 0 Å². The van der Waals surface area contributed by atoms with Gasteiger partial charge in [-0.05, 0) is 46.9 Å². The van der Waals surface area contributed by atoms with Crippen LogP contribution in [0.25, 0.3) is 0 Å². The van der Waals surface area contributed by atoms with Crippen molar-refractivity contribution < 1.29 is 9.53 Å². The highest BCUT2D eigenvalue weighted by molar-refractivity contribution is 14.1. The maximum absolute atomic E-state index is 12.3. The number of nitrogens with one attached hydrogen (secondary N) is 1. The predicted octanol–water partition coefficient (Wildman–Crippen LogP) is 3.13. The van der Waals surface area contributed by atoms with E-state index in [2.05, 4.69) is 27.9 Å². The van der Waals surface area contributed by atoms with E-state index in [0.717, 1.165) is 9.26 Å². The molecule has 0 fully saturated rings. The second-order valence-corrected chi connectivity index (χ2v) is 5.02. The maximum atomic E-state index is 12.3. The fraction of sp³-hybridized carbons (Fsp3) is 0.0714. The average molecular weight is 368 g/mol. The van der Waals surface area contributed by atoms with E-state index in [4.69, 9.17) is 10.5 Å². The van der Waals surface area contributed by atoms with Crippen LogP contribution in [0.3, 0.4) is 0 Å². The molecular formula is C14H13IN2O2. The van der Waals surface area contributed by atoms with Crippen LogP contribution in [-0.2, 0) is 0 Å². The SMILES string of the molecule is COc1cccc(N)c1C(=O)Nc1ccccc1I. The minimum absolute atomic E-state index is 0.279. The molecule has 2 aromatic carbocycles. The van der Waals surface area contributed by atoms with Crippen molar-refractivity contribution in [3.8, 4) is 5.75 Å². The average Bonchev–Trinajstić information content (AvgIpc) is 2.40. The summed E-state index contributed by atoms with van der Waals surface area (Å²) in [4.78, 5) is 12.3. The van der Waals surface area contributed by atoms with Gasteiger partial charge in [0.05, 0.1) is 12.8 Å². The van der Waals surface area contributed by atoms with Gasteiger partial charge >= 0.3 is 0 Å². The van der Waals surface area contributed by atoms with Crippen LogP contribution >= 0.6 is 22.6 Å². The lowest BCUT2D eigenvalue weighted by Crippen LogP contribution is -2.16. The summed E-state index contributed by atoms with van der Waals surface area (Å²) in [5, 5.41) is 2.84. The standard InChI is InChI=1S/C14H13IN2O2/c1-19-12-8-4-6-10(16)13(12)14(18)17-11-7-3-2-5-9(11)15/h2-8H,16H2,1H3,(H,17,18). The summed E-state index contributed by atoms with van der Waals surface area (Å²) in [7, 11) is 1.51. The topological polar surface area (TPSA) is 64.3 Å². The van der Waals surface area contributed by atoms with Gasteiger partial charge in [-0.3, -0.25) is 4.79 Å². The molecule has 0 spiro atoms.